The van der Waals surface area contributed by atoms with Crippen LogP contribution in [0.4, 0.5) is 5.69 Å². The van der Waals surface area contributed by atoms with Gasteiger partial charge in [-0.25, -0.2) is 4.68 Å². The lowest BCUT2D eigenvalue weighted by atomic mass is 10.2. The first-order valence-corrected chi connectivity index (χ1v) is 8.33. The Morgan fingerprint density at radius 1 is 1.12 bits per heavy atom. The van der Waals surface area contributed by atoms with Crippen LogP contribution in [0.15, 0.2) is 59.2 Å². The molecule has 0 aliphatic rings. The van der Waals surface area contributed by atoms with Crippen LogP contribution in [-0.4, -0.2) is 21.6 Å². The van der Waals surface area contributed by atoms with Gasteiger partial charge in [0.05, 0.1) is 11.3 Å². The quantitative estimate of drug-likeness (QED) is 0.676. The highest BCUT2D eigenvalue weighted by Gasteiger charge is 2.11. The van der Waals surface area contributed by atoms with E-state index in [0.29, 0.717) is 20.7 Å². The molecule has 0 radical (unpaired) electrons. The molecule has 0 saturated heterocycles. The lowest BCUT2D eigenvalue weighted by Gasteiger charge is -2.08. The van der Waals surface area contributed by atoms with Gasteiger partial charge in [-0.1, -0.05) is 11.6 Å². The van der Waals surface area contributed by atoms with Crippen LogP contribution in [0.1, 0.15) is 20.8 Å². The van der Waals surface area contributed by atoms with Gasteiger partial charge in [0.25, 0.3) is 11.8 Å². The Hall–Kier alpha value is -2.64. The highest BCUT2D eigenvalue weighted by Crippen LogP contribution is 2.22. The molecule has 1 heterocycles. The van der Waals surface area contributed by atoms with Gasteiger partial charge in [0.2, 0.25) is 0 Å². The smallest absolute Gasteiger partial charge is 0.269 e. The lowest BCUT2D eigenvalue weighted by molar-refractivity contribution is 0.0993. The van der Waals surface area contributed by atoms with E-state index < -0.39 is 5.91 Å². The zero-order chi connectivity index (χ0) is 18.0. The molecule has 2 amide bonds. The molecule has 8 heteroatoms. The number of anilines is 1. The second-order valence-electron chi connectivity index (χ2n) is 5.13. The number of amides is 2. The van der Waals surface area contributed by atoms with Gasteiger partial charge in [-0.3, -0.25) is 9.59 Å². The first-order chi connectivity index (χ1) is 11.9. The number of halogens is 2. The third kappa shape index (κ3) is 3.89. The Bertz CT molecular complexity index is 954. The molecule has 0 aliphatic carbocycles. The van der Waals surface area contributed by atoms with Gasteiger partial charge >= 0.3 is 0 Å². The lowest BCUT2D eigenvalue weighted by Crippen LogP contribution is -2.13. The molecule has 2 aromatic carbocycles. The molecule has 0 spiro atoms. The molecule has 0 atom stereocenters. The summed E-state index contributed by atoms with van der Waals surface area (Å²) in [6.07, 6.45) is 1.64. The number of aromatic nitrogens is 2. The summed E-state index contributed by atoms with van der Waals surface area (Å²) in [6.45, 7) is 0. The second-order valence-corrected chi connectivity index (χ2v) is 6.43. The van der Waals surface area contributed by atoms with Crippen molar-refractivity contribution in [2.45, 2.75) is 0 Å². The minimum Gasteiger partial charge on any atom is -0.364 e. The van der Waals surface area contributed by atoms with Crippen LogP contribution >= 0.6 is 27.5 Å². The number of rotatable bonds is 4. The maximum atomic E-state index is 12.4. The minimum absolute atomic E-state index is 0.184. The molecule has 0 saturated carbocycles. The van der Waals surface area contributed by atoms with Crippen LogP contribution < -0.4 is 11.1 Å². The number of carbonyl (C=O) groups excluding carboxylic acids is 2. The molecule has 0 aliphatic heterocycles. The number of nitrogens with zero attached hydrogens (tertiary/aromatic N) is 2. The summed E-state index contributed by atoms with van der Waals surface area (Å²) in [6, 6.07) is 13.5. The van der Waals surface area contributed by atoms with Crippen molar-refractivity contribution in [3.8, 4) is 5.69 Å². The largest absolute Gasteiger partial charge is 0.364 e. The average molecular weight is 420 g/mol. The maximum absolute atomic E-state index is 12.4. The monoisotopic (exact) mass is 418 g/mol. The molecule has 0 bridgehead atoms. The van der Waals surface area contributed by atoms with E-state index in [1.165, 1.54) is 10.7 Å². The number of nitrogens with two attached hydrogens (primary N) is 1. The normalized spacial score (nSPS) is 10.5. The van der Waals surface area contributed by atoms with E-state index in [1.807, 2.05) is 0 Å². The van der Waals surface area contributed by atoms with Crippen molar-refractivity contribution >= 4 is 45.0 Å². The molecule has 0 unspecified atom stereocenters. The van der Waals surface area contributed by atoms with Crippen molar-refractivity contribution in [2.24, 2.45) is 5.73 Å². The summed E-state index contributed by atoms with van der Waals surface area (Å²) in [5.74, 6) is -0.869. The molecule has 6 nitrogen and oxygen atoms in total. The van der Waals surface area contributed by atoms with E-state index in [1.54, 1.807) is 48.7 Å². The van der Waals surface area contributed by atoms with Gasteiger partial charge in [-0.2, -0.15) is 5.10 Å². The Morgan fingerprint density at radius 2 is 1.84 bits per heavy atom. The van der Waals surface area contributed by atoms with E-state index >= 15 is 0 Å². The fourth-order valence-corrected chi connectivity index (χ4v) is 2.77. The van der Waals surface area contributed by atoms with Crippen LogP contribution in [0.5, 0.6) is 0 Å². The summed E-state index contributed by atoms with van der Waals surface area (Å²) in [4.78, 5) is 23.4. The Kier molecular flexibility index (Phi) is 4.87. The zero-order valence-corrected chi connectivity index (χ0v) is 15.1. The fourth-order valence-electron chi connectivity index (χ4n) is 2.17. The van der Waals surface area contributed by atoms with E-state index in [9.17, 15) is 9.59 Å². The van der Waals surface area contributed by atoms with Crippen molar-refractivity contribution in [1.82, 2.24) is 9.78 Å². The molecule has 126 valence electrons. The van der Waals surface area contributed by atoms with Crippen LogP contribution in [0.2, 0.25) is 5.02 Å². The topological polar surface area (TPSA) is 90.0 Å². The summed E-state index contributed by atoms with van der Waals surface area (Å²) < 4.78 is 2.18. The van der Waals surface area contributed by atoms with Crippen molar-refractivity contribution in [3.05, 3.63) is 75.5 Å². The van der Waals surface area contributed by atoms with E-state index in [-0.39, 0.29) is 11.6 Å². The van der Waals surface area contributed by atoms with Gasteiger partial charge in [-0.05, 0) is 64.5 Å². The van der Waals surface area contributed by atoms with Crippen molar-refractivity contribution in [1.29, 1.82) is 0 Å². The van der Waals surface area contributed by atoms with Crippen LogP contribution in [0.25, 0.3) is 5.69 Å². The molecule has 3 N–H and O–H groups in total. The number of hydrogen-bond acceptors (Lipinski definition) is 3. The predicted octanol–water partition coefficient (Wildman–Crippen LogP) is 3.64. The molecular formula is C17H12BrClN4O2. The van der Waals surface area contributed by atoms with Crippen LogP contribution in [-0.2, 0) is 0 Å². The Balaban J connectivity index is 1.77. The molecule has 25 heavy (non-hydrogen) atoms. The molecular weight excluding hydrogens is 408 g/mol. The average Bonchev–Trinajstić information content (AvgIpc) is 3.08. The van der Waals surface area contributed by atoms with E-state index in [4.69, 9.17) is 17.3 Å². The standard InChI is InChI=1S/C17H12BrClN4O2/c18-14-6-1-10(19)9-13(14)17(25)21-11-2-4-12(5-3-11)23-8-7-15(22-23)16(20)24/h1-9H,(H2,20,24)(H,21,25). The van der Waals surface area contributed by atoms with Crippen molar-refractivity contribution in [3.63, 3.8) is 0 Å². The summed E-state index contributed by atoms with van der Waals surface area (Å²) >= 11 is 9.27. The Labute approximate surface area is 156 Å². The van der Waals surface area contributed by atoms with Crippen molar-refractivity contribution < 1.29 is 9.59 Å². The number of benzene rings is 2. The van der Waals surface area contributed by atoms with Crippen LogP contribution in [0.3, 0.4) is 0 Å². The molecule has 0 fully saturated rings. The fraction of sp³-hybridized carbons (Fsp3) is 0. The van der Waals surface area contributed by atoms with Gasteiger partial charge in [0, 0.05) is 21.4 Å². The number of nitrogens with one attached hydrogen (secondary N) is 1. The number of carbonyl (C=O) groups is 2. The first kappa shape index (κ1) is 17.2. The predicted molar refractivity (Wildman–Crippen MR) is 99.2 cm³/mol. The van der Waals surface area contributed by atoms with Crippen molar-refractivity contribution in [2.75, 3.05) is 5.32 Å². The third-order valence-electron chi connectivity index (χ3n) is 3.40. The van der Waals surface area contributed by atoms with Gasteiger partial charge < -0.3 is 11.1 Å². The van der Waals surface area contributed by atoms with Gasteiger partial charge in [0.15, 0.2) is 0 Å². The molecule has 1 aromatic heterocycles. The number of primary amides is 1. The van der Waals surface area contributed by atoms with Gasteiger partial charge in [0.1, 0.15) is 5.69 Å². The number of hydrogen-bond donors (Lipinski definition) is 2. The SMILES string of the molecule is NC(=O)c1ccn(-c2ccc(NC(=O)c3cc(Cl)ccc3Br)cc2)n1. The maximum Gasteiger partial charge on any atom is 0.269 e. The van der Waals surface area contributed by atoms with Crippen LogP contribution in [0, 0.1) is 0 Å². The zero-order valence-electron chi connectivity index (χ0n) is 12.7. The summed E-state index contributed by atoms with van der Waals surface area (Å²) in [7, 11) is 0. The molecule has 3 aromatic rings. The van der Waals surface area contributed by atoms with E-state index in [2.05, 4.69) is 26.3 Å². The third-order valence-corrected chi connectivity index (χ3v) is 4.33. The Morgan fingerprint density at radius 3 is 2.48 bits per heavy atom. The molecule has 3 rings (SSSR count). The summed E-state index contributed by atoms with van der Waals surface area (Å²) in [5.41, 5.74) is 7.15. The van der Waals surface area contributed by atoms with Gasteiger partial charge in [-0.15, -0.1) is 0 Å². The second kappa shape index (κ2) is 7.08. The van der Waals surface area contributed by atoms with E-state index in [0.717, 1.165) is 5.69 Å². The summed E-state index contributed by atoms with van der Waals surface area (Å²) in [5, 5.41) is 7.35. The first-order valence-electron chi connectivity index (χ1n) is 7.16. The highest BCUT2D eigenvalue weighted by molar-refractivity contribution is 9.10. The minimum atomic E-state index is -0.588. The highest BCUT2D eigenvalue weighted by atomic mass is 79.9.